The van der Waals surface area contributed by atoms with Gasteiger partial charge in [0, 0.05) is 24.0 Å². The molecule has 0 aliphatic carbocycles. The van der Waals surface area contributed by atoms with E-state index in [0.29, 0.717) is 12.2 Å². The van der Waals surface area contributed by atoms with E-state index in [1.165, 1.54) is 9.21 Å². The molecule has 0 aliphatic rings. The average molecular weight is 705 g/mol. The van der Waals surface area contributed by atoms with E-state index in [-0.39, 0.29) is 29.7 Å². The molecule has 1 atom stereocenters. The second-order valence-electron chi connectivity index (χ2n) is 12.1. The van der Waals surface area contributed by atoms with E-state index in [1.807, 2.05) is 101 Å². The zero-order valence-corrected chi connectivity index (χ0v) is 29.4. The summed E-state index contributed by atoms with van der Waals surface area (Å²) >= 11 is 3.47. The Morgan fingerprint density at radius 1 is 0.804 bits per heavy atom. The largest absolute Gasteiger partial charge is 0.354 e. The van der Waals surface area contributed by atoms with Gasteiger partial charge in [0.1, 0.15) is 12.6 Å². The number of aryl methyl sites for hydroxylation is 3. The number of rotatable bonds is 13. The number of amides is 2. The minimum Gasteiger partial charge on any atom is -0.354 e. The molecule has 0 heterocycles. The quantitative estimate of drug-likeness (QED) is 0.163. The molecule has 2 amide bonds. The number of nitrogens with one attached hydrogen (secondary N) is 1. The average Bonchev–Trinajstić information content (AvgIpc) is 3.02. The molecule has 0 fully saturated rings. The van der Waals surface area contributed by atoms with Gasteiger partial charge in [0.15, 0.2) is 0 Å². The molecule has 0 aliphatic heterocycles. The molecule has 4 aromatic rings. The van der Waals surface area contributed by atoms with Crippen LogP contribution in [0.5, 0.6) is 0 Å². The molecular formula is C37H42BrN3O4S. The highest BCUT2D eigenvalue weighted by Crippen LogP contribution is 2.29. The van der Waals surface area contributed by atoms with Crippen molar-refractivity contribution in [3.05, 3.63) is 129 Å². The zero-order chi connectivity index (χ0) is 33.4. The molecule has 4 rings (SSSR count). The third-order valence-electron chi connectivity index (χ3n) is 7.73. The van der Waals surface area contributed by atoms with Gasteiger partial charge in [-0.15, -0.1) is 0 Å². The van der Waals surface area contributed by atoms with Crippen molar-refractivity contribution in [1.82, 2.24) is 10.2 Å². The van der Waals surface area contributed by atoms with Crippen molar-refractivity contribution in [3.8, 4) is 0 Å². The van der Waals surface area contributed by atoms with E-state index in [4.69, 9.17) is 0 Å². The Hall–Kier alpha value is -3.95. The maximum absolute atomic E-state index is 14.6. The Morgan fingerprint density at radius 2 is 1.43 bits per heavy atom. The standard InChI is InChI=1S/C37H42BrN3O4S/c1-26(2)23-39-37(43)35(22-30-9-7-6-8-10-30)40(24-31-14-16-32(38)17-15-31)36(42)25-41(34-20-13-28(4)21-29(34)5)46(44,45)33-18-11-27(3)12-19-33/h6-21,26,35H,22-25H2,1-5H3,(H,39,43)/t35-/m1/s1. The first-order chi connectivity index (χ1) is 21.8. The number of benzene rings is 4. The number of halogens is 1. The van der Waals surface area contributed by atoms with Crippen LogP contribution in [0.1, 0.15) is 41.7 Å². The third-order valence-corrected chi connectivity index (χ3v) is 10.0. The number of anilines is 1. The number of hydrogen-bond donors (Lipinski definition) is 1. The number of hydrogen-bond acceptors (Lipinski definition) is 4. The molecule has 0 saturated heterocycles. The summed E-state index contributed by atoms with van der Waals surface area (Å²) in [5.74, 6) is -0.571. The van der Waals surface area contributed by atoms with Crippen LogP contribution in [-0.2, 0) is 32.6 Å². The summed E-state index contributed by atoms with van der Waals surface area (Å²) in [7, 11) is -4.16. The second kappa shape index (κ2) is 15.6. The van der Waals surface area contributed by atoms with Crippen LogP contribution < -0.4 is 9.62 Å². The zero-order valence-electron chi connectivity index (χ0n) is 27.0. The van der Waals surface area contributed by atoms with Gasteiger partial charge >= 0.3 is 0 Å². The van der Waals surface area contributed by atoms with Crippen molar-refractivity contribution in [2.45, 2.75) is 58.5 Å². The number of carbonyl (C=O) groups is 2. The van der Waals surface area contributed by atoms with Crippen LogP contribution in [0.3, 0.4) is 0 Å². The lowest BCUT2D eigenvalue weighted by Crippen LogP contribution is -2.53. The molecule has 1 N–H and O–H groups in total. The normalized spacial score (nSPS) is 12.1. The molecule has 0 spiro atoms. The lowest BCUT2D eigenvalue weighted by Gasteiger charge is -2.34. The van der Waals surface area contributed by atoms with Crippen molar-refractivity contribution >= 4 is 43.5 Å². The van der Waals surface area contributed by atoms with E-state index in [9.17, 15) is 18.0 Å². The van der Waals surface area contributed by atoms with Gasteiger partial charge in [-0.05, 0) is 73.7 Å². The molecule has 4 aromatic carbocycles. The van der Waals surface area contributed by atoms with Crippen LogP contribution in [0, 0.1) is 26.7 Å². The molecule has 0 saturated carbocycles. The monoisotopic (exact) mass is 703 g/mol. The Kier molecular flexibility index (Phi) is 11.8. The first kappa shape index (κ1) is 34.9. The van der Waals surface area contributed by atoms with Gasteiger partial charge in [-0.2, -0.15) is 0 Å². The van der Waals surface area contributed by atoms with E-state index >= 15 is 0 Å². The van der Waals surface area contributed by atoms with Crippen molar-refractivity contribution in [2.75, 3.05) is 17.4 Å². The Morgan fingerprint density at radius 3 is 2.04 bits per heavy atom. The van der Waals surface area contributed by atoms with E-state index in [2.05, 4.69) is 21.2 Å². The van der Waals surface area contributed by atoms with Gasteiger partial charge < -0.3 is 10.2 Å². The van der Waals surface area contributed by atoms with Crippen molar-refractivity contribution in [2.24, 2.45) is 5.92 Å². The first-order valence-electron chi connectivity index (χ1n) is 15.4. The van der Waals surface area contributed by atoms with E-state index < -0.39 is 28.5 Å². The number of nitrogens with zero attached hydrogens (tertiary/aromatic N) is 2. The van der Waals surface area contributed by atoms with Crippen molar-refractivity contribution in [1.29, 1.82) is 0 Å². The lowest BCUT2D eigenvalue weighted by molar-refractivity contribution is -0.140. The maximum Gasteiger partial charge on any atom is 0.264 e. The molecule has 7 nitrogen and oxygen atoms in total. The second-order valence-corrected chi connectivity index (χ2v) is 14.9. The smallest absolute Gasteiger partial charge is 0.264 e. The van der Waals surface area contributed by atoms with Gasteiger partial charge in [0.05, 0.1) is 10.6 Å². The molecule has 0 radical (unpaired) electrons. The summed E-state index contributed by atoms with van der Waals surface area (Å²) in [6, 6.07) is 28.3. The van der Waals surface area contributed by atoms with Gasteiger partial charge in [-0.25, -0.2) is 8.42 Å². The summed E-state index contributed by atoms with van der Waals surface area (Å²) in [5, 5.41) is 3.02. The van der Waals surface area contributed by atoms with Crippen LogP contribution in [-0.4, -0.2) is 44.3 Å². The van der Waals surface area contributed by atoms with Gasteiger partial charge in [-0.3, -0.25) is 13.9 Å². The minimum atomic E-state index is -4.16. The molecule has 0 aromatic heterocycles. The maximum atomic E-state index is 14.6. The predicted octanol–water partition coefficient (Wildman–Crippen LogP) is 6.98. The molecule has 0 bridgehead atoms. The molecule has 46 heavy (non-hydrogen) atoms. The fraction of sp³-hybridized carbons (Fsp3) is 0.297. The summed E-state index contributed by atoms with van der Waals surface area (Å²) in [6.45, 7) is 9.75. The summed E-state index contributed by atoms with van der Waals surface area (Å²) in [4.78, 5) is 30.1. The van der Waals surface area contributed by atoms with Crippen LogP contribution in [0.4, 0.5) is 5.69 Å². The fourth-order valence-electron chi connectivity index (χ4n) is 5.20. The molecule has 242 valence electrons. The van der Waals surface area contributed by atoms with E-state index in [1.54, 1.807) is 30.3 Å². The van der Waals surface area contributed by atoms with Gasteiger partial charge in [0.2, 0.25) is 11.8 Å². The number of sulfonamides is 1. The Balaban J connectivity index is 1.82. The van der Waals surface area contributed by atoms with Crippen LogP contribution >= 0.6 is 15.9 Å². The Labute approximate surface area is 281 Å². The number of carbonyl (C=O) groups excluding carboxylic acids is 2. The van der Waals surface area contributed by atoms with Gasteiger partial charge in [-0.1, -0.05) is 108 Å². The molecule has 0 unspecified atom stereocenters. The van der Waals surface area contributed by atoms with Crippen molar-refractivity contribution in [3.63, 3.8) is 0 Å². The lowest BCUT2D eigenvalue weighted by atomic mass is 10.0. The fourth-order valence-corrected chi connectivity index (χ4v) is 6.94. The van der Waals surface area contributed by atoms with E-state index in [0.717, 1.165) is 32.3 Å². The van der Waals surface area contributed by atoms with Crippen LogP contribution in [0.25, 0.3) is 0 Å². The SMILES string of the molecule is Cc1ccc(S(=O)(=O)N(CC(=O)N(Cc2ccc(Br)cc2)[C@H](Cc2ccccc2)C(=O)NCC(C)C)c2ccc(C)cc2C)cc1. The predicted molar refractivity (Wildman–Crippen MR) is 188 cm³/mol. The van der Waals surface area contributed by atoms with Gasteiger partial charge in [0.25, 0.3) is 10.0 Å². The highest BCUT2D eigenvalue weighted by atomic mass is 79.9. The highest BCUT2D eigenvalue weighted by Gasteiger charge is 2.35. The summed E-state index contributed by atoms with van der Waals surface area (Å²) in [6.07, 6.45) is 0.265. The topological polar surface area (TPSA) is 86.8 Å². The van der Waals surface area contributed by atoms with Crippen LogP contribution in [0.15, 0.2) is 106 Å². The van der Waals surface area contributed by atoms with Crippen LogP contribution in [0.2, 0.25) is 0 Å². The molecular weight excluding hydrogens is 662 g/mol. The van der Waals surface area contributed by atoms with Crippen molar-refractivity contribution < 1.29 is 18.0 Å². The molecule has 9 heteroatoms. The Bertz CT molecular complexity index is 1740. The third kappa shape index (κ3) is 9.07. The summed E-state index contributed by atoms with van der Waals surface area (Å²) in [5.41, 5.74) is 4.72. The minimum absolute atomic E-state index is 0.0841. The highest BCUT2D eigenvalue weighted by molar-refractivity contribution is 9.10. The first-order valence-corrected chi connectivity index (χ1v) is 17.6. The summed E-state index contributed by atoms with van der Waals surface area (Å²) < 4.78 is 30.6.